The summed E-state index contributed by atoms with van der Waals surface area (Å²) in [6, 6.07) is 8.89. The van der Waals surface area contributed by atoms with Gasteiger partial charge in [-0.05, 0) is 57.3 Å². The standard InChI is InChI=1S/C20H34N4O.HI/c1-3-21-20(22-12-7-15-25-4-2)23-16-18-8-10-19(11-9-18)17-24-13-5-6-14-24;/h8-11H,3-7,12-17H2,1-2H3,(H2,21,22,23);1H. The van der Waals surface area contributed by atoms with Crippen LogP contribution in [0, 0.1) is 0 Å². The summed E-state index contributed by atoms with van der Waals surface area (Å²) >= 11 is 0. The average molecular weight is 474 g/mol. The predicted octanol–water partition coefficient (Wildman–Crippen LogP) is 3.38. The van der Waals surface area contributed by atoms with Crippen LogP contribution in [0.3, 0.4) is 0 Å². The molecule has 0 atom stereocenters. The Labute approximate surface area is 176 Å². The van der Waals surface area contributed by atoms with Crippen molar-refractivity contribution in [3.05, 3.63) is 35.4 Å². The van der Waals surface area contributed by atoms with Gasteiger partial charge in [0.25, 0.3) is 0 Å². The van der Waals surface area contributed by atoms with Crippen molar-refractivity contribution in [2.24, 2.45) is 4.99 Å². The van der Waals surface area contributed by atoms with Crippen LogP contribution in [0.1, 0.15) is 44.2 Å². The molecule has 148 valence electrons. The first-order valence-electron chi connectivity index (χ1n) is 9.72. The number of likely N-dealkylation sites (tertiary alicyclic amines) is 1. The lowest BCUT2D eigenvalue weighted by molar-refractivity contribution is 0.145. The quantitative estimate of drug-likeness (QED) is 0.236. The van der Waals surface area contributed by atoms with Gasteiger partial charge >= 0.3 is 0 Å². The second kappa shape index (κ2) is 14.2. The monoisotopic (exact) mass is 474 g/mol. The topological polar surface area (TPSA) is 48.9 Å². The maximum absolute atomic E-state index is 5.36. The number of hydrogen-bond acceptors (Lipinski definition) is 3. The molecular formula is C20H35IN4O. The van der Waals surface area contributed by atoms with E-state index in [-0.39, 0.29) is 24.0 Å². The molecule has 0 aliphatic carbocycles. The Balaban J connectivity index is 0.00000338. The largest absolute Gasteiger partial charge is 0.382 e. The molecule has 1 saturated heterocycles. The Morgan fingerprint density at radius 2 is 1.77 bits per heavy atom. The van der Waals surface area contributed by atoms with Crippen LogP contribution in [0.5, 0.6) is 0 Å². The van der Waals surface area contributed by atoms with Crippen molar-refractivity contribution >= 4 is 29.9 Å². The van der Waals surface area contributed by atoms with Crippen LogP contribution in [0.25, 0.3) is 0 Å². The number of nitrogens with one attached hydrogen (secondary N) is 2. The molecular weight excluding hydrogens is 439 g/mol. The van der Waals surface area contributed by atoms with Gasteiger partial charge < -0.3 is 15.4 Å². The van der Waals surface area contributed by atoms with Gasteiger partial charge in [0, 0.05) is 32.8 Å². The van der Waals surface area contributed by atoms with Crippen molar-refractivity contribution in [3.63, 3.8) is 0 Å². The summed E-state index contributed by atoms with van der Waals surface area (Å²) < 4.78 is 5.36. The second-order valence-corrected chi connectivity index (χ2v) is 6.47. The van der Waals surface area contributed by atoms with Crippen molar-refractivity contribution in [1.29, 1.82) is 0 Å². The first-order chi connectivity index (χ1) is 12.3. The van der Waals surface area contributed by atoms with Gasteiger partial charge in [0.05, 0.1) is 6.54 Å². The third kappa shape index (κ3) is 9.19. The van der Waals surface area contributed by atoms with E-state index in [1.807, 2.05) is 6.92 Å². The van der Waals surface area contributed by atoms with E-state index < -0.39 is 0 Å². The fourth-order valence-electron chi connectivity index (χ4n) is 2.99. The summed E-state index contributed by atoms with van der Waals surface area (Å²) in [6.45, 7) is 11.7. The smallest absolute Gasteiger partial charge is 0.191 e. The van der Waals surface area contributed by atoms with Crippen molar-refractivity contribution in [2.75, 3.05) is 39.4 Å². The fourth-order valence-corrected chi connectivity index (χ4v) is 2.99. The maximum atomic E-state index is 5.36. The molecule has 1 aromatic carbocycles. The zero-order valence-electron chi connectivity index (χ0n) is 16.3. The van der Waals surface area contributed by atoms with Gasteiger partial charge in [-0.3, -0.25) is 4.90 Å². The molecule has 1 aliphatic rings. The lowest BCUT2D eigenvalue weighted by atomic mass is 10.1. The van der Waals surface area contributed by atoms with E-state index in [1.54, 1.807) is 0 Å². The number of guanidine groups is 1. The van der Waals surface area contributed by atoms with E-state index in [0.29, 0.717) is 6.54 Å². The van der Waals surface area contributed by atoms with E-state index in [9.17, 15) is 0 Å². The number of benzene rings is 1. The zero-order valence-corrected chi connectivity index (χ0v) is 18.6. The van der Waals surface area contributed by atoms with Gasteiger partial charge in [0.1, 0.15) is 0 Å². The molecule has 0 unspecified atom stereocenters. The highest BCUT2D eigenvalue weighted by atomic mass is 127. The van der Waals surface area contributed by atoms with Crippen molar-refractivity contribution in [2.45, 2.75) is 46.2 Å². The molecule has 1 heterocycles. The number of halogens is 1. The van der Waals surface area contributed by atoms with Crippen molar-refractivity contribution in [3.8, 4) is 0 Å². The normalized spacial score (nSPS) is 14.9. The predicted molar refractivity (Wildman–Crippen MR) is 120 cm³/mol. The molecule has 0 aromatic heterocycles. The molecule has 2 N–H and O–H groups in total. The van der Waals surface area contributed by atoms with Gasteiger partial charge in [-0.1, -0.05) is 24.3 Å². The molecule has 0 radical (unpaired) electrons. The summed E-state index contributed by atoms with van der Waals surface area (Å²) in [5.74, 6) is 0.875. The third-order valence-corrected chi connectivity index (χ3v) is 4.35. The molecule has 1 aromatic rings. The molecule has 5 nitrogen and oxygen atoms in total. The van der Waals surface area contributed by atoms with Crippen LogP contribution in [-0.4, -0.2) is 50.3 Å². The van der Waals surface area contributed by atoms with Gasteiger partial charge in [-0.25, -0.2) is 4.99 Å². The van der Waals surface area contributed by atoms with Gasteiger partial charge in [0.15, 0.2) is 5.96 Å². The molecule has 6 heteroatoms. The van der Waals surface area contributed by atoms with Crippen LogP contribution in [0.2, 0.25) is 0 Å². The third-order valence-electron chi connectivity index (χ3n) is 4.35. The first-order valence-corrected chi connectivity index (χ1v) is 9.72. The molecule has 26 heavy (non-hydrogen) atoms. The summed E-state index contributed by atoms with van der Waals surface area (Å²) in [6.07, 6.45) is 3.68. The van der Waals surface area contributed by atoms with Crippen LogP contribution in [0.4, 0.5) is 0 Å². The van der Waals surface area contributed by atoms with E-state index >= 15 is 0 Å². The van der Waals surface area contributed by atoms with E-state index in [4.69, 9.17) is 4.74 Å². The Kier molecular flexibility index (Phi) is 12.7. The Bertz CT molecular complexity index is 501. The molecule has 0 spiro atoms. The number of aliphatic imine (C=N–C) groups is 1. The summed E-state index contributed by atoms with van der Waals surface area (Å²) in [5.41, 5.74) is 2.65. The van der Waals surface area contributed by atoms with E-state index in [1.165, 1.54) is 37.1 Å². The molecule has 0 amide bonds. The number of ether oxygens (including phenoxy) is 1. The average Bonchev–Trinajstić information content (AvgIpc) is 3.13. The Hall–Kier alpha value is -0.860. The molecule has 1 aliphatic heterocycles. The van der Waals surface area contributed by atoms with Gasteiger partial charge in [-0.2, -0.15) is 0 Å². The number of nitrogens with zero attached hydrogens (tertiary/aromatic N) is 2. The van der Waals surface area contributed by atoms with Gasteiger partial charge in [0.2, 0.25) is 0 Å². The lowest BCUT2D eigenvalue weighted by Gasteiger charge is -2.14. The molecule has 1 fully saturated rings. The van der Waals surface area contributed by atoms with E-state index in [2.05, 4.69) is 51.7 Å². The SMILES string of the molecule is CCNC(=NCc1ccc(CN2CCCC2)cc1)NCCCOCC.I. The highest BCUT2D eigenvalue weighted by Crippen LogP contribution is 2.13. The first kappa shape index (κ1) is 23.2. The van der Waals surface area contributed by atoms with Crippen LogP contribution >= 0.6 is 24.0 Å². The summed E-state index contributed by atoms with van der Waals surface area (Å²) in [4.78, 5) is 7.21. The Morgan fingerprint density at radius 1 is 1.08 bits per heavy atom. The molecule has 0 bridgehead atoms. The van der Waals surface area contributed by atoms with E-state index in [0.717, 1.165) is 45.2 Å². The van der Waals surface area contributed by atoms with Crippen LogP contribution < -0.4 is 10.6 Å². The highest BCUT2D eigenvalue weighted by Gasteiger charge is 2.11. The van der Waals surface area contributed by atoms with Gasteiger partial charge in [-0.15, -0.1) is 24.0 Å². The summed E-state index contributed by atoms with van der Waals surface area (Å²) in [5, 5.41) is 6.66. The zero-order chi connectivity index (χ0) is 17.7. The molecule has 2 rings (SSSR count). The van der Waals surface area contributed by atoms with Crippen LogP contribution in [-0.2, 0) is 17.8 Å². The van der Waals surface area contributed by atoms with Crippen molar-refractivity contribution in [1.82, 2.24) is 15.5 Å². The lowest BCUT2D eigenvalue weighted by Crippen LogP contribution is -2.38. The minimum atomic E-state index is 0. The number of rotatable bonds is 10. The minimum Gasteiger partial charge on any atom is -0.382 e. The Morgan fingerprint density at radius 3 is 2.42 bits per heavy atom. The minimum absolute atomic E-state index is 0. The summed E-state index contributed by atoms with van der Waals surface area (Å²) in [7, 11) is 0. The highest BCUT2D eigenvalue weighted by molar-refractivity contribution is 14.0. The van der Waals surface area contributed by atoms with Crippen molar-refractivity contribution < 1.29 is 4.74 Å². The van der Waals surface area contributed by atoms with Crippen LogP contribution in [0.15, 0.2) is 29.3 Å². The second-order valence-electron chi connectivity index (χ2n) is 6.47. The number of hydrogen-bond donors (Lipinski definition) is 2. The maximum Gasteiger partial charge on any atom is 0.191 e. The fraction of sp³-hybridized carbons (Fsp3) is 0.650. The molecule has 0 saturated carbocycles.